The molecule has 0 amide bonds. The Balaban J connectivity index is 1.94. The second-order valence-corrected chi connectivity index (χ2v) is 9.20. The van der Waals surface area contributed by atoms with Gasteiger partial charge in [0.15, 0.2) is 5.75 Å². The maximum absolute atomic E-state index is 12.9. The highest BCUT2D eigenvalue weighted by Crippen LogP contribution is 2.36. The first kappa shape index (κ1) is 23.5. The lowest BCUT2D eigenvalue weighted by Gasteiger charge is -2.23. The van der Waals surface area contributed by atoms with E-state index in [9.17, 15) is 23.1 Å². The van der Waals surface area contributed by atoms with Gasteiger partial charge in [0, 0.05) is 13.1 Å². The zero-order valence-corrected chi connectivity index (χ0v) is 19.1. The highest BCUT2D eigenvalue weighted by molar-refractivity contribution is 7.89. The van der Waals surface area contributed by atoms with Crippen LogP contribution in [0.25, 0.3) is 0 Å². The lowest BCUT2D eigenvalue weighted by Crippen LogP contribution is -2.37. The van der Waals surface area contributed by atoms with Crippen LogP contribution in [0.5, 0.6) is 5.75 Å². The number of anilines is 3. The summed E-state index contributed by atoms with van der Waals surface area (Å²) < 4.78 is 26.9. The van der Waals surface area contributed by atoms with Crippen molar-refractivity contribution >= 4 is 27.1 Å². The zero-order valence-electron chi connectivity index (χ0n) is 18.3. The lowest BCUT2D eigenvalue weighted by molar-refractivity contribution is 0.430. The molecule has 0 aliphatic rings. The molecule has 0 saturated carbocycles. The van der Waals surface area contributed by atoms with E-state index in [0.29, 0.717) is 6.42 Å². The molecule has 32 heavy (non-hydrogen) atoms. The van der Waals surface area contributed by atoms with E-state index >= 15 is 0 Å². The number of para-hydroxylation sites is 1. The molecule has 9 heteroatoms. The first-order valence-electron chi connectivity index (χ1n) is 10.5. The van der Waals surface area contributed by atoms with Crippen LogP contribution in [0.15, 0.2) is 63.0 Å². The fourth-order valence-corrected chi connectivity index (χ4v) is 5.16. The van der Waals surface area contributed by atoms with Gasteiger partial charge in [-0.1, -0.05) is 57.2 Å². The maximum Gasteiger partial charge on any atom is 0.253 e. The predicted molar refractivity (Wildman–Crippen MR) is 126 cm³/mol. The number of sulfonamides is 1. The van der Waals surface area contributed by atoms with Gasteiger partial charge in [-0.25, -0.2) is 8.42 Å². The Morgan fingerprint density at radius 1 is 0.906 bits per heavy atom. The molecule has 0 unspecified atom stereocenters. The average molecular weight is 458 g/mol. The fourth-order valence-electron chi connectivity index (χ4n) is 3.60. The summed E-state index contributed by atoms with van der Waals surface area (Å²) in [6.07, 6.45) is 0.672. The number of nitrogens with zero attached hydrogens (tertiary/aromatic N) is 1. The van der Waals surface area contributed by atoms with Gasteiger partial charge in [0.1, 0.15) is 16.3 Å². The highest BCUT2D eigenvalue weighted by atomic mass is 32.2. The molecule has 0 aliphatic carbocycles. The second-order valence-electron chi connectivity index (χ2n) is 7.29. The Labute approximate surface area is 187 Å². The van der Waals surface area contributed by atoms with Crippen molar-refractivity contribution in [3.05, 3.63) is 74.5 Å². The quantitative estimate of drug-likeness (QED) is 0.316. The molecule has 3 aromatic carbocycles. The molecule has 0 aromatic heterocycles. The Morgan fingerprint density at radius 3 is 2.12 bits per heavy atom. The normalized spacial score (nSPS) is 12.8. The topological polar surface area (TPSA) is 116 Å². The second kappa shape index (κ2) is 9.54. The predicted octanol–water partition coefficient (Wildman–Crippen LogP) is 3.33. The number of hydrogen-bond acceptors (Lipinski definition) is 7. The van der Waals surface area contributed by atoms with Crippen LogP contribution >= 0.6 is 0 Å². The van der Waals surface area contributed by atoms with E-state index < -0.39 is 26.6 Å². The van der Waals surface area contributed by atoms with Crippen molar-refractivity contribution in [2.75, 3.05) is 23.7 Å². The molecule has 0 aliphatic heterocycles. The molecule has 3 N–H and O–H groups in total. The Bertz CT molecular complexity index is 1260. The number of hydrogen-bond donors (Lipinski definition) is 3. The Morgan fingerprint density at radius 2 is 1.53 bits per heavy atom. The molecular formula is C23H27N3O5S. The van der Waals surface area contributed by atoms with Crippen molar-refractivity contribution in [3.8, 4) is 5.75 Å². The number of rotatable bonds is 10. The summed E-state index contributed by atoms with van der Waals surface area (Å²) in [5, 5.41) is 16.5. The van der Waals surface area contributed by atoms with Gasteiger partial charge >= 0.3 is 0 Å². The standard InChI is InChI=1S/C23H27N3O5S/c1-4-16(15-11-8-7-9-12-15)24-19-20(23(29)22(19)28)25-17-13-10-14-18(21(17)27)32(30,31)26(5-2)6-3/h7-14,16,24-25,27H,4-6H2,1-3H3/t16-/m0/s1. The van der Waals surface area contributed by atoms with Crippen molar-refractivity contribution in [2.45, 2.75) is 38.1 Å². The third kappa shape index (κ3) is 4.26. The summed E-state index contributed by atoms with van der Waals surface area (Å²) in [5.74, 6) is -0.506. The summed E-state index contributed by atoms with van der Waals surface area (Å²) in [6, 6.07) is 13.5. The monoisotopic (exact) mass is 457 g/mol. The van der Waals surface area contributed by atoms with Crippen molar-refractivity contribution in [2.24, 2.45) is 0 Å². The minimum absolute atomic E-state index is 0.00271. The van der Waals surface area contributed by atoms with Crippen LogP contribution in [-0.2, 0) is 10.0 Å². The van der Waals surface area contributed by atoms with Crippen molar-refractivity contribution < 1.29 is 13.5 Å². The van der Waals surface area contributed by atoms with Gasteiger partial charge in [-0.15, -0.1) is 0 Å². The molecule has 0 fully saturated rings. The smallest absolute Gasteiger partial charge is 0.253 e. The van der Waals surface area contributed by atoms with Crippen LogP contribution in [0.1, 0.15) is 38.8 Å². The molecule has 8 nitrogen and oxygen atoms in total. The van der Waals surface area contributed by atoms with Crippen LogP contribution in [0.3, 0.4) is 0 Å². The van der Waals surface area contributed by atoms with Crippen molar-refractivity contribution in [3.63, 3.8) is 0 Å². The lowest BCUT2D eigenvalue weighted by atomic mass is 10.0. The molecule has 0 saturated heterocycles. The van der Waals surface area contributed by atoms with Gasteiger partial charge in [0.2, 0.25) is 10.0 Å². The van der Waals surface area contributed by atoms with E-state index in [1.807, 2.05) is 37.3 Å². The first-order valence-corrected chi connectivity index (χ1v) is 11.9. The summed E-state index contributed by atoms with van der Waals surface area (Å²) in [5.41, 5.74) is -0.287. The SMILES string of the molecule is CC[C@H](Nc1c(Nc2cccc(S(=O)(=O)N(CC)CC)c2O)c(=O)c1=O)c1ccccc1. The van der Waals surface area contributed by atoms with E-state index in [1.54, 1.807) is 13.8 Å². The molecule has 3 aromatic rings. The molecular weight excluding hydrogens is 430 g/mol. The number of nitrogens with one attached hydrogen (secondary N) is 2. The van der Waals surface area contributed by atoms with Crippen molar-refractivity contribution in [1.82, 2.24) is 4.31 Å². The third-order valence-electron chi connectivity index (χ3n) is 5.42. The average Bonchev–Trinajstić information content (AvgIpc) is 2.80. The van der Waals surface area contributed by atoms with Gasteiger partial charge in [0.25, 0.3) is 10.9 Å². The van der Waals surface area contributed by atoms with Gasteiger partial charge < -0.3 is 15.7 Å². The number of phenolic OH excluding ortho intramolecular Hbond substituents is 1. The number of benzene rings is 2. The van der Waals surface area contributed by atoms with Gasteiger partial charge in [-0.05, 0) is 24.1 Å². The summed E-state index contributed by atoms with van der Waals surface area (Å²) >= 11 is 0. The van der Waals surface area contributed by atoms with Crippen LogP contribution in [0, 0.1) is 0 Å². The molecule has 0 bridgehead atoms. The number of phenols is 1. The third-order valence-corrected chi connectivity index (χ3v) is 7.50. The van der Waals surface area contributed by atoms with E-state index in [0.717, 1.165) is 5.56 Å². The summed E-state index contributed by atoms with van der Waals surface area (Å²) in [7, 11) is -3.92. The Kier molecular flexibility index (Phi) is 7.00. The minimum atomic E-state index is -3.92. The molecule has 3 rings (SSSR count). The van der Waals surface area contributed by atoms with Crippen LogP contribution < -0.4 is 21.5 Å². The molecule has 0 radical (unpaired) electrons. The maximum atomic E-state index is 12.9. The minimum Gasteiger partial charge on any atom is -0.504 e. The van der Waals surface area contributed by atoms with Crippen LogP contribution in [0.2, 0.25) is 0 Å². The Hall–Kier alpha value is -3.17. The zero-order chi connectivity index (χ0) is 23.5. The molecule has 1 atom stereocenters. The summed E-state index contributed by atoms with van der Waals surface area (Å²) in [6.45, 7) is 5.87. The van der Waals surface area contributed by atoms with Gasteiger partial charge in [0.05, 0.1) is 11.7 Å². The number of aromatic hydroxyl groups is 1. The molecule has 170 valence electrons. The van der Waals surface area contributed by atoms with Crippen LogP contribution in [0.4, 0.5) is 17.1 Å². The van der Waals surface area contributed by atoms with Crippen LogP contribution in [-0.4, -0.2) is 30.9 Å². The first-order chi connectivity index (χ1) is 15.3. The van der Waals surface area contributed by atoms with Gasteiger partial charge in [-0.2, -0.15) is 4.31 Å². The molecule has 0 spiro atoms. The van der Waals surface area contributed by atoms with Gasteiger partial charge in [-0.3, -0.25) is 9.59 Å². The largest absolute Gasteiger partial charge is 0.504 e. The fraction of sp³-hybridized carbons (Fsp3) is 0.304. The van der Waals surface area contributed by atoms with E-state index in [1.165, 1.54) is 22.5 Å². The highest BCUT2D eigenvalue weighted by Gasteiger charge is 2.28. The molecule has 0 heterocycles. The van der Waals surface area contributed by atoms with E-state index in [2.05, 4.69) is 10.6 Å². The van der Waals surface area contributed by atoms with Crippen molar-refractivity contribution in [1.29, 1.82) is 0 Å². The van der Waals surface area contributed by atoms with E-state index in [4.69, 9.17) is 0 Å². The van der Waals surface area contributed by atoms with E-state index in [-0.39, 0.29) is 41.1 Å². The summed E-state index contributed by atoms with van der Waals surface area (Å²) in [4.78, 5) is 24.2.